The summed E-state index contributed by atoms with van der Waals surface area (Å²) in [6, 6.07) is 15.8. The number of rotatable bonds is 4. The van der Waals surface area contributed by atoms with Gasteiger partial charge in [-0.05, 0) is 24.3 Å². The van der Waals surface area contributed by atoms with Gasteiger partial charge in [0.25, 0.3) is 0 Å². The van der Waals surface area contributed by atoms with E-state index in [1.807, 2.05) is 30.3 Å². The largest absolute Gasteiger partial charge is 0.337 e. The highest BCUT2D eigenvalue weighted by molar-refractivity contribution is 5.97. The zero-order valence-corrected chi connectivity index (χ0v) is 20.0. The molecule has 0 aliphatic carbocycles. The Morgan fingerprint density at radius 1 is 0.973 bits per heavy atom. The van der Waals surface area contributed by atoms with Crippen molar-refractivity contribution in [3.63, 3.8) is 0 Å². The normalized spacial score (nSPS) is 11.2. The Labute approximate surface area is 210 Å². The lowest BCUT2D eigenvalue weighted by molar-refractivity contribution is 0.230. The molecule has 0 aliphatic heterocycles. The number of H-pyrrole nitrogens is 2. The van der Waals surface area contributed by atoms with Gasteiger partial charge in [0.2, 0.25) is 0 Å². The highest BCUT2D eigenvalue weighted by Crippen LogP contribution is 2.33. The minimum Gasteiger partial charge on any atom is -0.337 e. The van der Waals surface area contributed by atoms with Crippen LogP contribution in [0.4, 0.5) is 14.9 Å². The molecule has 182 valence electrons. The lowest BCUT2D eigenvalue weighted by atomic mass is 10.0. The van der Waals surface area contributed by atoms with Gasteiger partial charge in [-0.3, -0.25) is 10.1 Å². The number of carbonyl (C=O) groups excluding carboxylic acids is 1. The Morgan fingerprint density at radius 3 is 2.62 bits per heavy atom. The lowest BCUT2D eigenvalue weighted by Crippen LogP contribution is -2.27. The molecule has 4 heterocycles. The highest BCUT2D eigenvalue weighted by Gasteiger charge is 2.17. The summed E-state index contributed by atoms with van der Waals surface area (Å²) in [6.07, 6.45) is 4.99. The van der Waals surface area contributed by atoms with E-state index in [2.05, 4.69) is 30.5 Å². The molecule has 2 aromatic carbocycles. The molecule has 37 heavy (non-hydrogen) atoms. The fourth-order valence-corrected chi connectivity index (χ4v) is 4.19. The number of nitrogens with zero attached hydrogens (tertiary/aromatic N) is 5. The van der Waals surface area contributed by atoms with Crippen LogP contribution in [0.1, 0.15) is 0 Å². The number of anilines is 1. The van der Waals surface area contributed by atoms with E-state index in [-0.39, 0.29) is 11.8 Å². The van der Waals surface area contributed by atoms with Crippen molar-refractivity contribution in [3.8, 4) is 33.8 Å². The van der Waals surface area contributed by atoms with Crippen LogP contribution in [0.2, 0.25) is 0 Å². The van der Waals surface area contributed by atoms with Crippen LogP contribution >= 0.6 is 0 Å². The minimum atomic E-state index is -0.307. The number of aromatic amines is 2. The second kappa shape index (κ2) is 8.83. The molecular weight excluding hydrogens is 471 g/mol. The number of hydrogen-bond donors (Lipinski definition) is 3. The van der Waals surface area contributed by atoms with Gasteiger partial charge in [-0.2, -0.15) is 5.10 Å². The SMILES string of the molecule is CN(C)C(=O)Nc1cncc(-c2cnc3n[nH]c(-c4nc5c(-c6ccccc6F)cccc5[nH]4)c3c2)c1. The van der Waals surface area contributed by atoms with Crippen molar-refractivity contribution in [2.24, 2.45) is 0 Å². The standard InChI is InChI=1S/C27H21FN8O/c1-36(2)27(37)31-17-10-15(12-29-14-17)16-11-20-24(34-35-25(20)30-13-16)26-32-22-9-5-7-19(23(22)33-26)18-6-3-4-8-21(18)28/h3-14H,1-2H3,(H,31,37)(H,32,33)(H,30,34,35). The summed E-state index contributed by atoms with van der Waals surface area (Å²) in [4.78, 5) is 30.4. The van der Waals surface area contributed by atoms with Gasteiger partial charge >= 0.3 is 6.03 Å². The topological polar surface area (TPSA) is 115 Å². The number of hydrogen-bond acceptors (Lipinski definition) is 5. The number of para-hydroxylation sites is 1. The summed E-state index contributed by atoms with van der Waals surface area (Å²) in [5, 5.41) is 10.9. The van der Waals surface area contributed by atoms with Crippen molar-refractivity contribution in [2.75, 3.05) is 19.4 Å². The number of carbonyl (C=O) groups is 1. The molecule has 2 amide bonds. The number of halogens is 1. The molecular formula is C27H21FN8O. The molecule has 0 radical (unpaired) electrons. The maximum absolute atomic E-state index is 14.5. The second-order valence-electron chi connectivity index (χ2n) is 8.75. The molecule has 0 fully saturated rings. The molecule has 4 aromatic heterocycles. The van der Waals surface area contributed by atoms with Crippen LogP contribution in [0, 0.1) is 5.82 Å². The smallest absolute Gasteiger partial charge is 0.321 e. The van der Waals surface area contributed by atoms with E-state index in [4.69, 9.17) is 4.98 Å². The molecule has 0 unspecified atom stereocenters. The summed E-state index contributed by atoms with van der Waals surface area (Å²) < 4.78 is 14.5. The van der Waals surface area contributed by atoms with E-state index in [1.54, 1.807) is 50.9 Å². The van der Waals surface area contributed by atoms with E-state index in [0.717, 1.165) is 22.0 Å². The van der Waals surface area contributed by atoms with Gasteiger partial charge in [0, 0.05) is 48.7 Å². The summed E-state index contributed by atoms with van der Waals surface area (Å²) in [5.74, 6) is 0.253. The molecule has 3 N–H and O–H groups in total. The molecule has 6 aromatic rings. The zero-order chi connectivity index (χ0) is 25.5. The second-order valence-corrected chi connectivity index (χ2v) is 8.75. The Morgan fingerprint density at radius 2 is 1.78 bits per heavy atom. The molecule has 0 atom stereocenters. The van der Waals surface area contributed by atoms with Gasteiger partial charge in [-0.25, -0.2) is 19.2 Å². The number of fused-ring (bicyclic) bond motifs is 2. The van der Waals surface area contributed by atoms with Crippen molar-refractivity contribution >= 4 is 33.8 Å². The van der Waals surface area contributed by atoms with Crippen molar-refractivity contribution < 1.29 is 9.18 Å². The average molecular weight is 493 g/mol. The molecule has 9 nitrogen and oxygen atoms in total. The Bertz CT molecular complexity index is 1790. The summed E-state index contributed by atoms with van der Waals surface area (Å²) >= 11 is 0. The van der Waals surface area contributed by atoms with E-state index < -0.39 is 0 Å². The lowest BCUT2D eigenvalue weighted by Gasteiger charge is -2.12. The third-order valence-electron chi connectivity index (χ3n) is 6.05. The van der Waals surface area contributed by atoms with Crippen LogP contribution in [0.5, 0.6) is 0 Å². The molecule has 0 spiro atoms. The van der Waals surface area contributed by atoms with Gasteiger partial charge in [-0.1, -0.05) is 30.3 Å². The van der Waals surface area contributed by atoms with Crippen LogP contribution in [-0.2, 0) is 0 Å². The molecule has 0 bridgehead atoms. The number of benzene rings is 2. The first-order chi connectivity index (χ1) is 18.0. The number of pyridine rings is 2. The number of nitrogens with one attached hydrogen (secondary N) is 3. The van der Waals surface area contributed by atoms with Crippen molar-refractivity contribution in [3.05, 3.63) is 79.0 Å². The summed E-state index contributed by atoms with van der Waals surface area (Å²) in [5.41, 5.74) is 5.95. The third-order valence-corrected chi connectivity index (χ3v) is 6.05. The predicted molar refractivity (Wildman–Crippen MR) is 140 cm³/mol. The van der Waals surface area contributed by atoms with Crippen LogP contribution in [0.25, 0.3) is 55.8 Å². The quantitative estimate of drug-likeness (QED) is 0.302. The Balaban J connectivity index is 1.42. The van der Waals surface area contributed by atoms with Gasteiger partial charge in [0.1, 0.15) is 11.5 Å². The van der Waals surface area contributed by atoms with Gasteiger partial charge in [-0.15, -0.1) is 0 Å². The first-order valence-electron chi connectivity index (χ1n) is 11.5. The maximum Gasteiger partial charge on any atom is 0.321 e. The van der Waals surface area contributed by atoms with Crippen LogP contribution in [-0.4, -0.2) is 55.2 Å². The predicted octanol–water partition coefficient (Wildman–Crippen LogP) is 5.46. The van der Waals surface area contributed by atoms with Crippen molar-refractivity contribution in [1.82, 2.24) is 35.0 Å². The minimum absolute atomic E-state index is 0.246. The molecule has 0 aliphatic rings. The first-order valence-corrected chi connectivity index (χ1v) is 11.5. The Hall–Kier alpha value is -5.12. The number of aromatic nitrogens is 6. The first kappa shape index (κ1) is 22.4. The zero-order valence-electron chi connectivity index (χ0n) is 20.0. The monoisotopic (exact) mass is 492 g/mol. The molecule has 6 rings (SSSR count). The molecule has 0 saturated heterocycles. The fraction of sp³-hybridized carbons (Fsp3) is 0.0741. The maximum atomic E-state index is 14.5. The van der Waals surface area contributed by atoms with Gasteiger partial charge < -0.3 is 15.2 Å². The van der Waals surface area contributed by atoms with Gasteiger partial charge in [0.15, 0.2) is 11.5 Å². The van der Waals surface area contributed by atoms with Crippen LogP contribution < -0.4 is 5.32 Å². The molecule has 10 heteroatoms. The summed E-state index contributed by atoms with van der Waals surface area (Å²) in [7, 11) is 3.34. The third kappa shape index (κ3) is 4.04. The average Bonchev–Trinajstić information content (AvgIpc) is 3.53. The number of imidazole rings is 1. The van der Waals surface area contributed by atoms with Gasteiger partial charge in [0.05, 0.1) is 28.3 Å². The van der Waals surface area contributed by atoms with E-state index >= 15 is 0 Å². The van der Waals surface area contributed by atoms with Crippen LogP contribution in [0.15, 0.2) is 73.2 Å². The van der Waals surface area contributed by atoms with E-state index in [9.17, 15) is 9.18 Å². The Kier molecular flexibility index (Phi) is 5.33. The van der Waals surface area contributed by atoms with E-state index in [1.165, 1.54) is 11.0 Å². The number of amides is 2. The molecule has 0 saturated carbocycles. The number of urea groups is 1. The van der Waals surface area contributed by atoms with Crippen molar-refractivity contribution in [1.29, 1.82) is 0 Å². The van der Waals surface area contributed by atoms with Crippen LogP contribution in [0.3, 0.4) is 0 Å². The summed E-state index contributed by atoms with van der Waals surface area (Å²) in [6.45, 7) is 0. The fourth-order valence-electron chi connectivity index (χ4n) is 4.19. The van der Waals surface area contributed by atoms with Crippen molar-refractivity contribution in [2.45, 2.75) is 0 Å². The highest BCUT2D eigenvalue weighted by atomic mass is 19.1. The van der Waals surface area contributed by atoms with E-state index in [0.29, 0.717) is 39.5 Å².